The van der Waals surface area contributed by atoms with Crippen LogP contribution in [0.1, 0.15) is 26.7 Å². The summed E-state index contributed by atoms with van der Waals surface area (Å²) in [6, 6.07) is 2.80. The lowest BCUT2D eigenvalue weighted by Crippen LogP contribution is -2.40. The predicted molar refractivity (Wildman–Crippen MR) is 69.0 cm³/mol. The Morgan fingerprint density at radius 2 is 2.19 bits per heavy atom. The fraction of sp³-hybridized carbons (Fsp3) is 0.615. The van der Waals surface area contributed by atoms with Crippen LogP contribution in [0.2, 0.25) is 0 Å². The summed E-state index contributed by atoms with van der Waals surface area (Å²) in [7, 11) is 1.93. The van der Waals surface area contributed by atoms with Crippen LogP contribution in [-0.2, 0) is 0 Å². The number of anilines is 2. The summed E-state index contributed by atoms with van der Waals surface area (Å²) >= 11 is 0. The lowest BCUT2D eigenvalue weighted by atomic mass is 9.93. The maximum Gasteiger partial charge on any atom is 0.0575 e. The first kappa shape index (κ1) is 11.2. The van der Waals surface area contributed by atoms with Gasteiger partial charge in [0.1, 0.15) is 0 Å². The molecule has 2 heterocycles. The number of hydrogen-bond acceptors (Lipinski definition) is 3. The average Bonchev–Trinajstić information content (AvgIpc) is 2.29. The highest BCUT2D eigenvalue weighted by molar-refractivity contribution is 5.56. The Kier molecular flexibility index (Phi) is 3.32. The molecule has 0 spiro atoms. The van der Waals surface area contributed by atoms with Crippen LogP contribution in [0.5, 0.6) is 0 Å². The molecule has 1 N–H and O–H groups in total. The van der Waals surface area contributed by atoms with E-state index in [0.717, 1.165) is 18.2 Å². The molecule has 0 amide bonds. The Morgan fingerprint density at radius 3 is 2.88 bits per heavy atom. The number of rotatable bonds is 2. The molecule has 16 heavy (non-hydrogen) atoms. The number of pyridine rings is 1. The molecule has 0 bridgehead atoms. The van der Waals surface area contributed by atoms with Crippen molar-refractivity contribution in [2.45, 2.75) is 32.7 Å². The van der Waals surface area contributed by atoms with E-state index in [4.69, 9.17) is 0 Å². The second kappa shape index (κ2) is 4.73. The van der Waals surface area contributed by atoms with E-state index in [-0.39, 0.29) is 0 Å². The van der Waals surface area contributed by atoms with Crippen molar-refractivity contribution >= 4 is 11.4 Å². The van der Waals surface area contributed by atoms with Crippen LogP contribution in [-0.4, -0.2) is 24.6 Å². The number of hydrogen-bond donors (Lipinski definition) is 1. The van der Waals surface area contributed by atoms with E-state index in [1.54, 1.807) is 0 Å². The van der Waals surface area contributed by atoms with E-state index in [9.17, 15) is 0 Å². The first-order chi connectivity index (χ1) is 7.70. The van der Waals surface area contributed by atoms with Gasteiger partial charge in [-0.25, -0.2) is 0 Å². The van der Waals surface area contributed by atoms with Crippen LogP contribution < -0.4 is 10.2 Å². The van der Waals surface area contributed by atoms with E-state index >= 15 is 0 Å². The van der Waals surface area contributed by atoms with Crippen LogP contribution in [0, 0.1) is 5.92 Å². The highest BCUT2D eigenvalue weighted by Crippen LogP contribution is 2.28. The highest BCUT2D eigenvalue weighted by atomic mass is 15.2. The molecule has 0 aliphatic carbocycles. The van der Waals surface area contributed by atoms with Crippen molar-refractivity contribution in [1.29, 1.82) is 0 Å². The van der Waals surface area contributed by atoms with E-state index in [2.05, 4.69) is 35.1 Å². The van der Waals surface area contributed by atoms with Crippen LogP contribution in [0.25, 0.3) is 0 Å². The molecule has 0 saturated carbocycles. The first-order valence-corrected chi connectivity index (χ1v) is 6.10. The molecule has 1 aromatic rings. The third kappa shape index (κ3) is 2.29. The van der Waals surface area contributed by atoms with Gasteiger partial charge in [-0.1, -0.05) is 6.92 Å². The summed E-state index contributed by atoms with van der Waals surface area (Å²) in [4.78, 5) is 6.75. The monoisotopic (exact) mass is 219 g/mol. The smallest absolute Gasteiger partial charge is 0.0575 e. The molecule has 2 atom stereocenters. The molecular weight excluding hydrogens is 198 g/mol. The van der Waals surface area contributed by atoms with Crippen molar-refractivity contribution in [1.82, 2.24) is 4.98 Å². The van der Waals surface area contributed by atoms with Crippen molar-refractivity contribution in [2.75, 3.05) is 23.8 Å². The Morgan fingerprint density at radius 1 is 1.38 bits per heavy atom. The summed E-state index contributed by atoms with van der Waals surface area (Å²) in [6.45, 7) is 5.80. The van der Waals surface area contributed by atoms with Crippen LogP contribution in [0.15, 0.2) is 18.5 Å². The van der Waals surface area contributed by atoms with Gasteiger partial charge in [0.05, 0.1) is 23.8 Å². The minimum atomic E-state index is 0.623. The fourth-order valence-corrected chi connectivity index (χ4v) is 2.51. The highest BCUT2D eigenvalue weighted by Gasteiger charge is 2.23. The topological polar surface area (TPSA) is 28.2 Å². The van der Waals surface area contributed by atoms with Crippen LogP contribution in [0.3, 0.4) is 0 Å². The van der Waals surface area contributed by atoms with Crippen LogP contribution >= 0.6 is 0 Å². The molecule has 1 aliphatic rings. The van der Waals surface area contributed by atoms with Gasteiger partial charge >= 0.3 is 0 Å². The fourth-order valence-electron chi connectivity index (χ4n) is 2.51. The SMILES string of the molecule is CNc1cncc(N2CCC(C)CC2C)c1. The third-order valence-electron chi connectivity index (χ3n) is 3.48. The van der Waals surface area contributed by atoms with E-state index < -0.39 is 0 Å². The van der Waals surface area contributed by atoms with Gasteiger partial charge in [-0.3, -0.25) is 4.98 Å². The lowest BCUT2D eigenvalue weighted by Gasteiger charge is -2.38. The summed E-state index contributed by atoms with van der Waals surface area (Å²) < 4.78 is 0. The zero-order valence-electron chi connectivity index (χ0n) is 10.4. The molecule has 2 rings (SSSR count). The summed E-state index contributed by atoms with van der Waals surface area (Å²) in [6.07, 6.45) is 6.39. The number of piperidine rings is 1. The summed E-state index contributed by atoms with van der Waals surface area (Å²) in [5.74, 6) is 0.853. The predicted octanol–water partition coefficient (Wildman–Crippen LogP) is 2.75. The minimum Gasteiger partial charge on any atom is -0.387 e. The standard InChI is InChI=1S/C13H21N3/c1-10-4-5-16(11(2)6-10)13-7-12(14-3)8-15-9-13/h7-11,14H,4-6H2,1-3H3. The molecule has 0 aromatic carbocycles. The largest absolute Gasteiger partial charge is 0.387 e. The van der Waals surface area contributed by atoms with E-state index in [0.29, 0.717) is 6.04 Å². The summed E-state index contributed by atoms with van der Waals surface area (Å²) in [5.41, 5.74) is 2.33. The molecule has 2 unspecified atom stereocenters. The first-order valence-electron chi connectivity index (χ1n) is 6.10. The minimum absolute atomic E-state index is 0.623. The number of nitrogens with one attached hydrogen (secondary N) is 1. The van der Waals surface area contributed by atoms with Gasteiger partial charge < -0.3 is 10.2 Å². The van der Waals surface area contributed by atoms with Gasteiger partial charge in [0.25, 0.3) is 0 Å². The molecule has 3 heteroatoms. The van der Waals surface area contributed by atoms with Gasteiger partial charge in [-0.2, -0.15) is 0 Å². The molecule has 88 valence electrons. The Balaban J connectivity index is 2.16. The molecular formula is C13H21N3. The second-order valence-corrected chi connectivity index (χ2v) is 4.85. The molecule has 0 radical (unpaired) electrons. The Hall–Kier alpha value is -1.25. The maximum atomic E-state index is 4.28. The van der Waals surface area contributed by atoms with E-state index in [1.165, 1.54) is 18.5 Å². The number of nitrogens with zero attached hydrogens (tertiary/aromatic N) is 2. The van der Waals surface area contributed by atoms with Crippen molar-refractivity contribution in [3.8, 4) is 0 Å². The molecule has 3 nitrogen and oxygen atoms in total. The second-order valence-electron chi connectivity index (χ2n) is 4.85. The van der Waals surface area contributed by atoms with Crippen molar-refractivity contribution in [2.24, 2.45) is 5.92 Å². The van der Waals surface area contributed by atoms with Crippen molar-refractivity contribution in [3.63, 3.8) is 0 Å². The van der Waals surface area contributed by atoms with Crippen molar-refractivity contribution in [3.05, 3.63) is 18.5 Å². The Labute approximate surface area is 97.9 Å². The quantitative estimate of drug-likeness (QED) is 0.829. The normalized spacial score (nSPS) is 25.6. The molecule has 1 saturated heterocycles. The third-order valence-corrected chi connectivity index (χ3v) is 3.48. The molecule has 1 aliphatic heterocycles. The number of aromatic nitrogens is 1. The lowest BCUT2D eigenvalue weighted by molar-refractivity contribution is 0.378. The maximum absolute atomic E-state index is 4.28. The zero-order chi connectivity index (χ0) is 11.5. The van der Waals surface area contributed by atoms with Gasteiger partial charge in [-0.05, 0) is 31.7 Å². The molecule has 1 aromatic heterocycles. The van der Waals surface area contributed by atoms with Gasteiger partial charge in [-0.15, -0.1) is 0 Å². The van der Waals surface area contributed by atoms with Crippen LogP contribution in [0.4, 0.5) is 11.4 Å². The van der Waals surface area contributed by atoms with Gasteiger partial charge in [0, 0.05) is 19.6 Å². The van der Waals surface area contributed by atoms with Crippen molar-refractivity contribution < 1.29 is 0 Å². The van der Waals surface area contributed by atoms with Gasteiger partial charge in [0.15, 0.2) is 0 Å². The van der Waals surface area contributed by atoms with Gasteiger partial charge in [0.2, 0.25) is 0 Å². The summed E-state index contributed by atoms with van der Waals surface area (Å²) in [5, 5.41) is 3.14. The molecule has 1 fully saturated rings. The Bertz CT molecular complexity index is 351. The average molecular weight is 219 g/mol. The van der Waals surface area contributed by atoms with E-state index in [1.807, 2.05) is 19.4 Å². The zero-order valence-corrected chi connectivity index (χ0v) is 10.4.